The van der Waals surface area contributed by atoms with Crippen LogP contribution in [0.25, 0.3) is 6.08 Å². The van der Waals surface area contributed by atoms with Crippen molar-refractivity contribution < 1.29 is 68.5 Å². The summed E-state index contributed by atoms with van der Waals surface area (Å²) in [7, 11) is -1.32. The number of hydrogen-bond acceptors (Lipinski definition) is 3. The molecule has 0 amide bonds. The molecule has 0 spiro atoms. The Bertz CT molecular complexity index is 396. The molecule has 3 nitrogen and oxygen atoms in total. The Kier molecular flexibility index (Phi) is 7.22. The van der Waals surface area contributed by atoms with Gasteiger partial charge in [-0.2, -0.15) is 0 Å². The minimum absolute atomic E-state index is 0. The first-order valence-electron chi connectivity index (χ1n) is 3.93. The molecule has 0 aromatic carbocycles. The van der Waals surface area contributed by atoms with Crippen LogP contribution in [0.15, 0.2) is 23.5 Å². The molecule has 1 heterocycles. The molecule has 0 saturated carbocycles. The van der Waals surface area contributed by atoms with Crippen LogP contribution in [0.2, 0.25) is 0 Å². The normalized spacial score (nSPS) is 13.5. The maximum Gasteiger partial charge on any atom is 1.00 e. The summed E-state index contributed by atoms with van der Waals surface area (Å²) in [5.41, 5.74) is 0.225. The molecule has 0 N–H and O–H groups in total. The van der Waals surface area contributed by atoms with Crippen LogP contribution in [-0.4, -0.2) is 27.4 Å². The zero-order valence-electron chi connectivity index (χ0n) is 8.73. The Labute approximate surface area is 136 Å². The second kappa shape index (κ2) is 7.02. The summed E-state index contributed by atoms with van der Waals surface area (Å²) < 4.78 is 46.4. The van der Waals surface area contributed by atoms with Gasteiger partial charge in [-0.1, -0.05) is 6.08 Å². The zero-order chi connectivity index (χ0) is 11.5. The minimum atomic E-state index is -4.95. The van der Waals surface area contributed by atoms with E-state index >= 15 is 0 Å². The largest absolute Gasteiger partial charge is 1.00 e. The average Bonchev–Trinajstić information content (AvgIpc) is 2.14. The van der Waals surface area contributed by atoms with E-state index in [1.54, 1.807) is 0 Å². The van der Waals surface area contributed by atoms with Crippen molar-refractivity contribution >= 4 is 23.9 Å². The van der Waals surface area contributed by atoms with Gasteiger partial charge in [-0.25, -0.2) is 9.97 Å². The summed E-state index contributed by atoms with van der Waals surface area (Å²) in [6.45, 7) is -4.95. The van der Waals surface area contributed by atoms with Crippen molar-refractivity contribution in [1.29, 1.82) is 0 Å². The van der Waals surface area contributed by atoms with Gasteiger partial charge in [0.25, 0.3) is 0 Å². The third-order valence-electron chi connectivity index (χ3n) is 1.41. The molecule has 1 aromatic rings. The van der Waals surface area contributed by atoms with Crippen LogP contribution in [0.5, 0.6) is 0 Å². The van der Waals surface area contributed by atoms with Crippen LogP contribution >= 0.6 is 0 Å². The second-order valence-corrected chi connectivity index (χ2v) is 4.01. The Hall–Kier alpha value is 0.461. The quantitative estimate of drug-likeness (QED) is 0.504. The van der Waals surface area contributed by atoms with E-state index in [4.69, 9.17) is 0 Å². The van der Waals surface area contributed by atoms with E-state index in [0.717, 1.165) is 6.08 Å². The van der Waals surface area contributed by atoms with Crippen molar-refractivity contribution in [1.82, 2.24) is 9.97 Å². The molecule has 82 valence electrons. The summed E-state index contributed by atoms with van der Waals surface area (Å²) in [5.74, 6) is 0.154. The topological polar surface area (TPSA) is 42.9 Å². The van der Waals surface area contributed by atoms with Gasteiger partial charge >= 0.3 is 58.4 Å². The summed E-state index contributed by atoms with van der Waals surface area (Å²) in [6, 6.07) is 0. The van der Waals surface area contributed by atoms with E-state index < -0.39 is 17.8 Å². The van der Waals surface area contributed by atoms with Crippen molar-refractivity contribution in [3.05, 3.63) is 23.9 Å². The van der Waals surface area contributed by atoms with Gasteiger partial charge in [-0.3, -0.25) is 4.21 Å². The molecule has 0 aliphatic carbocycles. The van der Waals surface area contributed by atoms with Gasteiger partial charge in [-0.05, 0) is 0 Å². The van der Waals surface area contributed by atoms with E-state index in [9.17, 15) is 17.2 Å². The van der Waals surface area contributed by atoms with Crippen molar-refractivity contribution in [3.8, 4) is 0 Å². The fourth-order valence-electron chi connectivity index (χ4n) is 0.781. The van der Waals surface area contributed by atoms with Crippen molar-refractivity contribution in [3.63, 3.8) is 0 Å². The van der Waals surface area contributed by atoms with Crippen molar-refractivity contribution in [2.45, 2.75) is 5.16 Å². The minimum Gasteiger partial charge on any atom is -0.445 e. The molecular weight excluding hydrogens is 267 g/mol. The van der Waals surface area contributed by atoms with Crippen molar-refractivity contribution in [2.75, 3.05) is 6.26 Å². The van der Waals surface area contributed by atoms with E-state index in [2.05, 4.69) is 9.97 Å². The Morgan fingerprint density at radius 1 is 1.31 bits per heavy atom. The van der Waals surface area contributed by atoms with Gasteiger partial charge in [0, 0.05) is 24.2 Å². The maximum atomic E-state index is 11.8. The summed E-state index contributed by atoms with van der Waals surface area (Å²) in [5, 5.41) is 0.102. The molecule has 1 rings (SSSR count). The van der Waals surface area contributed by atoms with Gasteiger partial charge in [0.1, 0.15) is 0 Å². The molecule has 0 fully saturated rings. The Morgan fingerprint density at radius 2 is 1.81 bits per heavy atom. The van der Waals surface area contributed by atoms with E-state index in [-0.39, 0.29) is 68.1 Å². The van der Waals surface area contributed by atoms with Crippen molar-refractivity contribution in [2.24, 2.45) is 0 Å². The molecule has 0 bridgehead atoms. The molecule has 16 heavy (non-hydrogen) atoms. The van der Waals surface area contributed by atoms with Gasteiger partial charge in [0.15, 0.2) is 0 Å². The van der Waals surface area contributed by atoms with E-state index in [1.807, 2.05) is 0 Å². The summed E-state index contributed by atoms with van der Waals surface area (Å²) >= 11 is 0. The molecule has 0 aliphatic heterocycles. The molecule has 9 heteroatoms. The monoisotopic (exact) mass is 274 g/mol. The van der Waals surface area contributed by atoms with Crippen LogP contribution in [0.1, 0.15) is 5.56 Å². The third-order valence-corrected chi connectivity index (χ3v) is 2.14. The predicted molar refractivity (Wildman–Crippen MR) is 52.5 cm³/mol. The van der Waals surface area contributed by atoms with Gasteiger partial charge in [-0.15, -0.1) is 5.98 Å². The first-order valence-corrected chi connectivity index (χ1v) is 5.49. The van der Waals surface area contributed by atoms with Crippen LogP contribution in [0.3, 0.4) is 0 Å². The van der Waals surface area contributed by atoms with Crippen LogP contribution in [0.4, 0.5) is 12.9 Å². The number of hydrogen-bond donors (Lipinski definition) is 0. The molecule has 0 radical (unpaired) electrons. The smallest absolute Gasteiger partial charge is 0.445 e. The van der Waals surface area contributed by atoms with Crippen LogP contribution in [-0.2, 0) is 10.8 Å². The molecule has 0 saturated heterocycles. The summed E-state index contributed by atoms with van der Waals surface area (Å²) in [4.78, 5) is 7.31. The van der Waals surface area contributed by atoms with Gasteiger partial charge < -0.3 is 12.9 Å². The number of aromatic nitrogens is 2. The van der Waals surface area contributed by atoms with Crippen LogP contribution in [0, 0.1) is 0 Å². The van der Waals surface area contributed by atoms with Gasteiger partial charge in [0.05, 0.1) is 10.8 Å². The number of rotatable bonds is 3. The predicted octanol–water partition coefficient (Wildman–Crippen LogP) is -1.38. The Balaban J connectivity index is 0.00000225. The first-order chi connectivity index (χ1) is 6.88. The zero-order valence-corrected chi connectivity index (χ0v) is 12.7. The molecular formula is C7H7BF3KN2OS. The SMILES string of the molecule is CS(=O)c1ncc(/C=C/[B-](F)(F)F)cn1.[K+]. The number of nitrogens with zero attached hydrogens (tertiary/aromatic N) is 2. The second-order valence-electron chi connectivity index (χ2n) is 2.74. The molecule has 1 atom stereocenters. The fourth-order valence-corrected chi connectivity index (χ4v) is 1.18. The number of halogens is 3. The maximum absolute atomic E-state index is 11.8. The molecule has 1 aromatic heterocycles. The summed E-state index contributed by atoms with van der Waals surface area (Å²) in [6.07, 6.45) is 4.66. The third kappa shape index (κ3) is 6.26. The van der Waals surface area contributed by atoms with Crippen LogP contribution < -0.4 is 51.4 Å². The average molecular weight is 274 g/mol. The first kappa shape index (κ1) is 16.5. The molecule has 0 aliphatic rings. The Morgan fingerprint density at radius 3 is 2.19 bits per heavy atom. The standard InChI is InChI=1S/C7H7BF3N2OS.K/c1-15(14)7-12-4-6(5-13-7)2-3-8(9,10)11;/h2-5H,1H3;/q-1;+1/b3-2+;. The van der Waals surface area contributed by atoms with Gasteiger partial charge in [0.2, 0.25) is 5.16 Å². The fraction of sp³-hybridized carbons (Fsp3) is 0.143. The molecule has 1 unspecified atom stereocenters. The van der Waals surface area contributed by atoms with E-state index in [0.29, 0.717) is 0 Å². The van der Waals surface area contributed by atoms with E-state index in [1.165, 1.54) is 18.6 Å².